The average molecular weight is 352 g/mol. The van der Waals surface area contributed by atoms with Crippen molar-refractivity contribution >= 4 is 21.8 Å². The molecule has 0 amide bonds. The van der Waals surface area contributed by atoms with Gasteiger partial charge in [-0.15, -0.1) is 0 Å². The number of rotatable bonds is 4. The molecule has 1 atom stereocenters. The van der Waals surface area contributed by atoms with Gasteiger partial charge in [-0.2, -0.15) is 0 Å². The van der Waals surface area contributed by atoms with Gasteiger partial charge in [0.2, 0.25) is 0 Å². The first kappa shape index (κ1) is 17.0. The number of hydrogen-bond donors (Lipinski definition) is 0. The van der Waals surface area contributed by atoms with Crippen molar-refractivity contribution in [3.8, 4) is 17.6 Å². The summed E-state index contributed by atoms with van der Waals surface area (Å²) in [6, 6.07) is 16.0. The minimum Gasteiger partial charge on any atom is -0.481 e. The first-order valence-electron chi connectivity index (χ1n) is 7.70. The highest BCUT2D eigenvalue weighted by molar-refractivity contribution is 7.85. The highest BCUT2D eigenvalue weighted by Gasteiger charge is 2.10. The number of hydrogen-bond acceptors (Lipinski definition) is 4. The molecular formula is C20H16O4S. The lowest BCUT2D eigenvalue weighted by atomic mass is 10.2. The molecule has 0 spiro atoms. The Morgan fingerprint density at radius 2 is 1.84 bits per heavy atom. The van der Waals surface area contributed by atoms with Crippen LogP contribution in [0.3, 0.4) is 0 Å². The molecule has 25 heavy (non-hydrogen) atoms. The number of benzene rings is 2. The molecule has 0 bridgehead atoms. The van der Waals surface area contributed by atoms with E-state index in [4.69, 9.17) is 9.15 Å². The first-order chi connectivity index (χ1) is 12.1. The van der Waals surface area contributed by atoms with Crippen molar-refractivity contribution in [1.29, 1.82) is 0 Å². The van der Waals surface area contributed by atoms with E-state index in [2.05, 4.69) is 11.8 Å². The molecule has 126 valence electrons. The summed E-state index contributed by atoms with van der Waals surface area (Å²) in [5.74, 6) is 6.56. The predicted molar refractivity (Wildman–Crippen MR) is 98.2 cm³/mol. The van der Waals surface area contributed by atoms with Crippen molar-refractivity contribution < 1.29 is 13.4 Å². The Labute approximate surface area is 147 Å². The van der Waals surface area contributed by atoms with Crippen LogP contribution in [0.5, 0.6) is 5.75 Å². The Kier molecular flexibility index (Phi) is 5.32. The van der Waals surface area contributed by atoms with Gasteiger partial charge in [0, 0.05) is 11.5 Å². The Bertz CT molecular complexity index is 1020. The minimum absolute atomic E-state index is 0.130. The molecule has 2 aromatic carbocycles. The standard InChI is InChI=1S/C20H16O4S/c1-15-8-10-16(11-9-15)23-12-4-5-13-25(22)19-14-20(21)24-18-7-3-2-6-17(18)19/h2-3,6-11,14H,12-13H2,1H3. The number of para-hydroxylation sites is 1. The number of fused-ring (bicyclic) bond motifs is 1. The van der Waals surface area contributed by atoms with Crippen molar-refractivity contribution in [2.75, 3.05) is 12.4 Å². The Morgan fingerprint density at radius 1 is 1.08 bits per heavy atom. The van der Waals surface area contributed by atoms with Gasteiger partial charge in [-0.05, 0) is 25.1 Å². The van der Waals surface area contributed by atoms with Gasteiger partial charge in [0.15, 0.2) is 0 Å². The van der Waals surface area contributed by atoms with Gasteiger partial charge in [0.1, 0.15) is 17.9 Å². The molecule has 1 unspecified atom stereocenters. The van der Waals surface area contributed by atoms with Crippen LogP contribution in [0.15, 0.2) is 68.7 Å². The second-order valence-electron chi connectivity index (χ2n) is 5.37. The molecule has 0 fully saturated rings. The predicted octanol–water partition coefficient (Wildman–Crippen LogP) is 3.29. The smallest absolute Gasteiger partial charge is 0.337 e. The maximum absolute atomic E-state index is 12.5. The molecule has 0 saturated heterocycles. The van der Waals surface area contributed by atoms with Gasteiger partial charge in [-0.1, -0.05) is 47.7 Å². The summed E-state index contributed by atoms with van der Waals surface area (Å²) in [6.07, 6.45) is 0. The van der Waals surface area contributed by atoms with E-state index in [1.54, 1.807) is 18.2 Å². The normalized spacial score (nSPS) is 11.6. The SMILES string of the molecule is Cc1ccc(OCC#CCS(=O)c2cc(=O)oc3ccccc23)cc1. The first-order valence-corrected chi connectivity index (χ1v) is 9.02. The highest BCUT2D eigenvalue weighted by atomic mass is 32.2. The van der Waals surface area contributed by atoms with Crippen LogP contribution < -0.4 is 10.4 Å². The molecule has 0 aliphatic heterocycles. The topological polar surface area (TPSA) is 56.5 Å². The summed E-state index contributed by atoms with van der Waals surface area (Å²) in [6.45, 7) is 2.23. The molecule has 0 radical (unpaired) electrons. The van der Waals surface area contributed by atoms with Crippen LogP contribution in [-0.2, 0) is 10.8 Å². The molecule has 0 saturated carbocycles. The fraction of sp³-hybridized carbons (Fsp3) is 0.150. The number of ether oxygens (including phenoxy) is 1. The summed E-state index contributed by atoms with van der Waals surface area (Å²) in [7, 11) is -1.41. The zero-order chi connectivity index (χ0) is 17.6. The summed E-state index contributed by atoms with van der Waals surface area (Å²) >= 11 is 0. The molecular weight excluding hydrogens is 336 g/mol. The van der Waals surface area contributed by atoms with Crippen LogP contribution in [-0.4, -0.2) is 16.6 Å². The van der Waals surface area contributed by atoms with E-state index >= 15 is 0 Å². The lowest BCUT2D eigenvalue weighted by molar-refractivity contribution is 0.370. The van der Waals surface area contributed by atoms with Crippen LogP contribution in [0.4, 0.5) is 0 Å². The Morgan fingerprint density at radius 3 is 2.64 bits per heavy atom. The molecule has 3 aromatic rings. The van der Waals surface area contributed by atoms with Gasteiger partial charge in [-0.25, -0.2) is 4.79 Å². The highest BCUT2D eigenvalue weighted by Crippen LogP contribution is 2.19. The minimum atomic E-state index is -1.41. The van der Waals surface area contributed by atoms with Gasteiger partial charge in [0.05, 0.1) is 21.4 Å². The third-order valence-corrected chi connectivity index (χ3v) is 4.75. The van der Waals surface area contributed by atoms with Crippen molar-refractivity contribution in [2.45, 2.75) is 11.8 Å². The van der Waals surface area contributed by atoms with Crippen LogP contribution in [0.1, 0.15) is 5.56 Å². The van der Waals surface area contributed by atoms with Gasteiger partial charge in [-0.3, -0.25) is 4.21 Å². The summed E-state index contributed by atoms with van der Waals surface area (Å²) in [5, 5.41) is 0.665. The van der Waals surface area contributed by atoms with E-state index in [1.165, 1.54) is 6.07 Å². The van der Waals surface area contributed by atoms with Gasteiger partial charge in [0.25, 0.3) is 0 Å². The van der Waals surface area contributed by atoms with Gasteiger partial charge < -0.3 is 9.15 Å². The molecule has 1 heterocycles. The average Bonchev–Trinajstić information content (AvgIpc) is 2.62. The van der Waals surface area contributed by atoms with E-state index in [0.717, 1.165) is 11.3 Å². The van der Waals surface area contributed by atoms with Crippen molar-refractivity contribution in [1.82, 2.24) is 0 Å². The third kappa shape index (κ3) is 4.37. The molecule has 0 aliphatic carbocycles. The molecule has 0 N–H and O–H groups in total. The third-order valence-electron chi connectivity index (χ3n) is 3.52. The van der Waals surface area contributed by atoms with Gasteiger partial charge >= 0.3 is 5.63 Å². The number of aryl methyl sites for hydroxylation is 1. The zero-order valence-corrected chi connectivity index (χ0v) is 14.5. The monoisotopic (exact) mass is 352 g/mol. The van der Waals surface area contributed by atoms with Crippen molar-refractivity contribution in [3.63, 3.8) is 0 Å². The van der Waals surface area contributed by atoms with E-state index in [-0.39, 0.29) is 12.4 Å². The molecule has 4 nitrogen and oxygen atoms in total. The van der Waals surface area contributed by atoms with E-state index in [0.29, 0.717) is 15.9 Å². The van der Waals surface area contributed by atoms with E-state index in [1.807, 2.05) is 37.3 Å². The summed E-state index contributed by atoms with van der Waals surface area (Å²) in [5.41, 5.74) is 1.07. The largest absolute Gasteiger partial charge is 0.481 e. The lowest BCUT2D eigenvalue weighted by Gasteiger charge is -2.03. The maximum Gasteiger partial charge on any atom is 0.337 e. The molecule has 1 aromatic heterocycles. The fourth-order valence-electron chi connectivity index (χ4n) is 2.27. The van der Waals surface area contributed by atoms with Crippen molar-refractivity contribution in [3.05, 3.63) is 70.6 Å². The maximum atomic E-state index is 12.5. The van der Waals surface area contributed by atoms with E-state index < -0.39 is 16.4 Å². The second kappa shape index (κ2) is 7.82. The molecule has 5 heteroatoms. The Hall–Kier alpha value is -2.84. The zero-order valence-electron chi connectivity index (χ0n) is 13.7. The van der Waals surface area contributed by atoms with Crippen molar-refractivity contribution in [2.24, 2.45) is 0 Å². The fourth-order valence-corrected chi connectivity index (χ4v) is 3.30. The molecule has 0 aliphatic rings. The lowest BCUT2D eigenvalue weighted by Crippen LogP contribution is -2.04. The quantitative estimate of drug-likeness (QED) is 0.534. The van der Waals surface area contributed by atoms with Crippen LogP contribution in [0.25, 0.3) is 11.0 Å². The summed E-state index contributed by atoms with van der Waals surface area (Å²) < 4.78 is 23.1. The Balaban J connectivity index is 1.66. The van der Waals surface area contributed by atoms with Crippen LogP contribution in [0.2, 0.25) is 0 Å². The molecule has 3 rings (SSSR count). The van der Waals surface area contributed by atoms with Crippen LogP contribution in [0, 0.1) is 18.8 Å². The second-order valence-corrected chi connectivity index (χ2v) is 6.79. The van der Waals surface area contributed by atoms with E-state index in [9.17, 15) is 9.00 Å². The van der Waals surface area contributed by atoms with Crippen LogP contribution >= 0.6 is 0 Å². The summed E-state index contributed by atoms with van der Waals surface area (Å²) in [4.78, 5) is 12.1.